The Bertz CT molecular complexity index is 3520. The number of nitrogens with zero attached hydrogens (tertiary/aromatic N) is 8. The van der Waals surface area contributed by atoms with Crippen LogP contribution in [0.15, 0.2) is 54.9 Å². The molecule has 7 amide bonds. The van der Waals surface area contributed by atoms with Gasteiger partial charge in [-0.2, -0.15) is 8.42 Å². The Balaban J connectivity index is 0.815. The number of aromatic nitrogens is 4. The molecular formula is C61H82N14O18S2. The minimum absolute atomic E-state index is 0.0494. The molecule has 6 fully saturated rings. The number of hydrogen-bond acceptors (Lipinski definition) is 25. The van der Waals surface area contributed by atoms with Gasteiger partial charge in [-0.05, 0) is 87.6 Å². The molecule has 32 nitrogen and oxygen atoms in total. The molecular weight excluding hydrogens is 1280 g/mol. The van der Waals surface area contributed by atoms with Gasteiger partial charge in [-0.25, -0.2) is 9.97 Å². The number of aliphatic hydroxyl groups is 5. The van der Waals surface area contributed by atoms with E-state index < -0.39 is 168 Å². The fourth-order valence-corrected chi connectivity index (χ4v) is 14.4. The van der Waals surface area contributed by atoms with Crippen molar-refractivity contribution in [2.45, 2.75) is 163 Å². The van der Waals surface area contributed by atoms with Crippen molar-refractivity contribution in [3.05, 3.63) is 60.4 Å². The molecule has 1 saturated carbocycles. The van der Waals surface area contributed by atoms with Gasteiger partial charge in [0.2, 0.25) is 46.5 Å². The number of aliphatic hydroxyl groups excluding tert-OH is 5. The highest BCUT2D eigenvalue weighted by Crippen LogP contribution is 2.35. The van der Waals surface area contributed by atoms with Crippen LogP contribution in [-0.2, 0) is 55.1 Å². The van der Waals surface area contributed by atoms with Gasteiger partial charge in [0.15, 0.2) is 17.5 Å². The van der Waals surface area contributed by atoms with Gasteiger partial charge in [-0.1, -0.05) is 61.4 Å². The van der Waals surface area contributed by atoms with Gasteiger partial charge in [0.05, 0.1) is 48.8 Å². The summed E-state index contributed by atoms with van der Waals surface area (Å²) in [7, 11) is -5.20. The number of fused-ring (bicyclic) bond motifs is 2. The zero-order chi connectivity index (χ0) is 68.0. The molecule has 34 heteroatoms. The first-order valence-corrected chi connectivity index (χ1v) is 34.1. The summed E-state index contributed by atoms with van der Waals surface area (Å²) in [6, 6.07) is -0.321. The molecule has 5 saturated heterocycles. The van der Waals surface area contributed by atoms with Gasteiger partial charge < -0.3 is 91.5 Å². The average Bonchev–Trinajstić information content (AvgIpc) is 1.69. The van der Waals surface area contributed by atoms with Crippen LogP contribution in [0, 0.1) is 11.8 Å². The highest BCUT2D eigenvalue weighted by molar-refractivity contribution is 7.81. The van der Waals surface area contributed by atoms with Crippen LogP contribution in [-0.4, -0.2) is 246 Å². The Labute approximate surface area is 551 Å². The molecule has 1 aliphatic carbocycles. The van der Waals surface area contributed by atoms with Crippen molar-refractivity contribution >= 4 is 74.2 Å². The van der Waals surface area contributed by atoms with E-state index in [1.165, 1.54) is 38.0 Å². The maximum absolute atomic E-state index is 14.6. The van der Waals surface area contributed by atoms with Gasteiger partial charge in [-0.3, -0.25) is 38.1 Å². The summed E-state index contributed by atoms with van der Waals surface area (Å²) in [5.41, 5.74) is 8.29. The van der Waals surface area contributed by atoms with Crippen molar-refractivity contribution in [1.29, 1.82) is 0 Å². The number of primary amides is 1. The summed E-state index contributed by atoms with van der Waals surface area (Å²) in [4.78, 5) is 115. The molecule has 7 heterocycles. The first-order chi connectivity index (χ1) is 45.3. The van der Waals surface area contributed by atoms with E-state index in [2.05, 4.69) is 50.8 Å². The number of ether oxygens (including phenoxy) is 1. The first-order valence-electron chi connectivity index (χ1n) is 31.9. The predicted molar refractivity (Wildman–Crippen MR) is 339 cm³/mol. The number of hydrogen-bond donors (Lipinski definition) is 13. The molecule has 12 atom stereocenters. The molecule has 4 aromatic rings. The number of amides is 7. The second kappa shape index (κ2) is 30.5. The normalized spacial score (nSPS) is 27.6. The van der Waals surface area contributed by atoms with E-state index in [1.54, 1.807) is 0 Å². The maximum Gasteiger partial charge on any atom is 0.446 e. The molecule has 516 valence electrons. The molecule has 0 unspecified atom stereocenters. The third-order valence-electron chi connectivity index (χ3n) is 18.4. The molecule has 14 N–H and O–H groups in total. The third kappa shape index (κ3) is 17.3. The number of piperidine rings is 2. The van der Waals surface area contributed by atoms with Crippen molar-refractivity contribution in [3.63, 3.8) is 0 Å². The lowest BCUT2D eigenvalue weighted by Gasteiger charge is -2.34. The number of nitrogens with two attached hydrogens (primary N) is 1. The second-order valence-corrected chi connectivity index (χ2v) is 27.4. The Morgan fingerprint density at radius 1 is 0.758 bits per heavy atom. The van der Waals surface area contributed by atoms with E-state index in [1.807, 2.05) is 36.7 Å². The highest BCUT2D eigenvalue weighted by Gasteiger charge is 2.50. The summed E-state index contributed by atoms with van der Waals surface area (Å²) in [6.07, 6.45) is 2.38. The molecule has 5 aliphatic heterocycles. The molecule has 0 radical (unpaired) electrons. The molecule has 0 bridgehead atoms. The smallest absolute Gasteiger partial charge is 0.446 e. The lowest BCUT2D eigenvalue weighted by Crippen LogP contribution is -2.64. The summed E-state index contributed by atoms with van der Waals surface area (Å²) >= 11 is 1.44. The number of anilines is 2. The predicted octanol–water partition coefficient (Wildman–Crippen LogP) is -2.37. The quantitative estimate of drug-likeness (QED) is 0.0412. The zero-order valence-corrected chi connectivity index (χ0v) is 54.0. The van der Waals surface area contributed by atoms with Crippen LogP contribution in [0.25, 0.3) is 21.7 Å². The number of phenols is 1. The number of phenolic OH excluding ortho intramolecular Hbond substituents is 1. The number of rotatable bonds is 16. The van der Waals surface area contributed by atoms with Crippen molar-refractivity contribution in [2.75, 3.05) is 62.2 Å². The Morgan fingerprint density at radius 2 is 1.41 bits per heavy atom. The number of β-amino-alcohol motifs (C(OH)–C–C–N with tert-alkyl or cyclic N) is 1. The molecule has 10 rings (SSSR count). The van der Waals surface area contributed by atoms with E-state index >= 15 is 0 Å². The van der Waals surface area contributed by atoms with Crippen LogP contribution >= 0.6 is 11.3 Å². The summed E-state index contributed by atoms with van der Waals surface area (Å²) in [5, 5.41) is 90.0. The number of carbonyl (C=O) groups is 7. The minimum Gasteiger partial charge on any atom is -0.504 e. The van der Waals surface area contributed by atoms with Gasteiger partial charge >= 0.3 is 10.4 Å². The van der Waals surface area contributed by atoms with Crippen LogP contribution in [0.3, 0.4) is 0 Å². The van der Waals surface area contributed by atoms with Crippen molar-refractivity contribution in [3.8, 4) is 33.2 Å². The molecule has 0 spiro atoms. The maximum atomic E-state index is 14.6. The number of carbonyl (C=O) groups excluding carboxylic acids is 7. The first kappa shape index (κ1) is 70.0. The van der Waals surface area contributed by atoms with Crippen LogP contribution in [0.4, 0.5) is 11.1 Å². The van der Waals surface area contributed by atoms with Crippen LogP contribution < -0.4 is 46.3 Å². The Kier molecular flexibility index (Phi) is 22.5. The fourth-order valence-electron chi connectivity index (χ4n) is 13.1. The SMILES string of the molecule is C[C@@H](O)[C@@H]1NC(=O)[C@@H](NCC2CCN(c3nnc(-c4ccc(-c5cnc(N6CCC(OC7CCCC7)CC6)nc5)cc4)s3)CC2)C[C@@H](O)CNC(=O)[C@@H]2[C@@H](O)[C@@H](C)CN2C(=O)[C@H](C(N)=O)NC(=O)[C@H]([C@H](O)Cc2ccc(O)c(OS(=O)(=O)O)c2)NC(=O)[C@@H]2C[C@@H](O)CN2C1=O. The molecule has 95 heavy (non-hydrogen) atoms. The second-order valence-electron chi connectivity index (χ2n) is 25.4. The van der Waals surface area contributed by atoms with E-state index in [9.17, 15) is 77.2 Å². The van der Waals surface area contributed by atoms with Gasteiger partial charge in [0, 0.05) is 88.1 Å². The molecule has 6 aliphatic rings. The van der Waals surface area contributed by atoms with Crippen LogP contribution in [0.5, 0.6) is 11.5 Å². The van der Waals surface area contributed by atoms with Crippen LogP contribution in [0.1, 0.15) is 83.6 Å². The van der Waals surface area contributed by atoms with Crippen LogP contribution in [0.2, 0.25) is 0 Å². The number of aromatic hydroxyl groups is 1. The lowest BCUT2D eigenvalue weighted by molar-refractivity contribution is -0.147. The third-order valence-corrected chi connectivity index (χ3v) is 19.9. The zero-order valence-electron chi connectivity index (χ0n) is 52.4. The van der Waals surface area contributed by atoms with E-state index in [0.29, 0.717) is 43.1 Å². The van der Waals surface area contributed by atoms with Gasteiger partial charge in [0.1, 0.15) is 29.2 Å². The summed E-state index contributed by atoms with van der Waals surface area (Å²) < 4.78 is 43.1. The summed E-state index contributed by atoms with van der Waals surface area (Å²) in [5.74, 6) is -10.3. The standard InChI is InChI=1S/C61H82N14O18S2/c1-31-29-75-50(51(31)81)56(86)64-28-38(77)23-42(63-25-33-13-17-73(18-14-33)61-71-70-57(94-61)36-10-8-35(9-11-36)37-26-65-60(66-27-37)72-19-15-41(16-20-72)92-40-5-3-4-6-40)53(83)67-47(32(2)76)58(87)74-30-39(78)24-43(74)54(84)68-48(55(85)69-49(52(62)82)59(75)88)45(80)21-34-7-12-44(79)46(22-34)93-95(89,90)91/h7-12,22,26-27,31-33,38-43,45,47-51,63,76-81H,3-6,13-21,23-25,28-30H2,1-2H3,(H2,62,82)(H,64,86)(H,67,83)(H,68,84)(H,69,85)(H,89,90,91)/t31-,32+,38+,39+,42-,43-,45+,47-,48-,49-,50-,51-/m0/s1. The average molecular weight is 1360 g/mol. The van der Waals surface area contributed by atoms with E-state index in [0.717, 1.165) is 88.5 Å². The van der Waals surface area contributed by atoms with Gasteiger partial charge in [-0.15, -0.1) is 10.2 Å². The lowest BCUT2D eigenvalue weighted by atomic mass is 9.96. The topological polar surface area (TPSA) is 464 Å². The minimum atomic E-state index is -5.20. The number of benzene rings is 2. The largest absolute Gasteiger partial charge is 0.504 e. The molecule has 2 aromatic carbocycles. The van der Waals surface area contributed by atoms with Crippen molar-refractivity contribution in [1.82, 2.24) is 56.5 Å². The van der Waals surface area contributed by atoms with Crippen molar-refractivity contribution < 1.29 is 86.1 Å². The van der Waals surface area contributed by atoms with E-state index in [4.69, 9.17) is 20.4 Å². The van der Waals surface area contributed by atoms with E-state index in [-0.39, 0.29) is 30.7 Å². The summed E-state index contributed by atoms with van der Waals surface area (Å²) in [6.45, 7) is 4.19. The highest BCUT2D eigenvalue weighted by atomic mass is 32.3. The van der Waals surface area contributed by atoms with Gasteiger partial charge in [0.25, 0.3) is 5.91 Å². The Morgan fingerprint density at radius 3 is 2.07 bits per heavy atom. The molecule has 2 aromatic heterocycles. The fraction of sp³-hybridized carbons (Fsp3) is 0.590. The monoisotopic (exact) mass is 1360 g/mol. The Hall–Kier alpha value is -7.80. The van der Waals surface area contributed by atoms with Crippen molar-refractivity contribution in [2.24, 2.45) is 17.6 Å². The number of nitrogens with one attached hydrogen (secondary N) is 5.